The maximum absolute atomic E-state index is 12.2. The van der Waals surface area contributed by atoms with Gasteiger partial charge in [0.1, 0.15) is 0 Å². The molecule has 0 heterocycles. The first-order valence-electron chi connectivity index (χ1n) is 6.08. The van der Waals surface area contributed by atoms with Crippen molar-refractivity contribution in [3.8, 4) is 0 Å². The average Bonchev–Trinajstić information content (AvgIpc) is 2.27. The van der Waals surface area contributed by atoms with Crippen LogP contribution in [0.3, 0.4) is 0 Å². The van der Waals surface area contributed by atoms with Crippen molar-refractivity contribution in [3.05, 3.63) is 0 Å². The number of nitrogens with zero attached hydrogens (tertiary/aromatic N) is 1. The summed E-state index contributed by atoms with van der Waals surface area (Å²) in [4.78, 5) is 13.9. The Bertz CT molecular complexity index is 205. The van der Waals surface area contributed by atoms with Gasteiger partial charge in [-0.15, -0.1) is 0 Å². The summed E-state index contributed by atoms with van der Waals surface area (Å²) >= 11 is 4.35. The number of carbonyl (C=O) groups is 1. The normalized spacial score (nSPS) is 13.2. The standard InChI is InChI=1S/C12H25NO2S/c1-5-10(6-2)13(7-8-14)12(15)11(16)9(3)4/h9-11,14,16H,5-8H2,1-4H3. The van der Waals surface area contributed by atoms with Crippen LogP contribution >= 0.6 is 12.6 Å². The van der Waals surface area contributed by atoms with E-state index in [1.807, 2.05) is 13.8 Å². The number of thiol groups is 1. The van der Waals surface area contributed by atoms with Crippen LogP contribution in [0, 0.1) is 5.92 Å². The van der Waals surface area contributed by atoms with Crippen molar-refractivity contribution >= 4 is 18.5 Å². The van der Waals surface area contributed by atoms with Gasteiger partial charge in [-0.3, -0.25) is 4.79 Å². The van der Waals surface area contributed by atoms with Crippen molar-refractivity contribution in [2.24, 2.45) is 5.92 Å². The fourth-order valence-corrected chi connectivity index (χ4v) is 1.91. The fourth-order valence-electron chi connectivity index (χ4n) is 1.76. The molecule has 1 unspecified atom stereocenters. The Morgan fingerprint density at radius 2 is 1.81 bits per heavy atom. The van der Waals surface area contributed by atoms with Gasteiger partial charge < -0.3 is 10.0 Å². The van der Waals surface area contributed by atoms with Crippen molar-refractivity contribution in [2.75, 3.05) is 13.2 Å². The molecule has 0 saturated heterocycles. The highest BCUT2D eigenvalue weighted by molar-refractivity contribution is 7.81. The van der Waals surface area contributed by atoms with Crippen LogP contribution in [0.4, 0.5) is 0 Å². The van der Waals surface area contributed by atoms with E-state index in [0.29, 0.717) is 6.54 Å². The molecule has 0 aliphatic carbocycles. The number of carbonyl (C=O) groups excluding carboxylic acids is 1. The summed E-state index contributed by atoms with van der Waals surface area (Å²) < 4.78 is 0. The Morgan fingerprint density at radius 1 is 1.31 bits per heavy atom. The van der Waals surface area contributed by atoms with Gasteiger partial charge in [0.25, 0.3) is 0 Å². The molecule has 4 heteroatoms. The van der Waals surface area contributed by atoms with Crippen molar-refractivity contribution < 1.29 is 9.90 Å². The molecule has 0 radical (unpaired) electrons. The van der Waals surface area contributed by atoms with Gasteiger partial charge in [0.15, 0.2) is 0 Å². The third-order valence-electron chi connectivity index (χ3n) is 2.89. The van der Waals surface area contributed by atoms with E-state index in [1.54, 1.807) is 4.90 Å². The second-order valence-electron chi connectivity index (χ2n) is 4.41. The number of amides is 1. The number of rotatable bonds is 7. The highest BCUT2D eigenvalue weighted by Gasteiger charge is 2.27. The minimum atomic E-state index is -0.271. The first kappa shape index (κ1) is 15.8. The Kier molecular flexibility index (Phi) is 7.85. The lowest BCUT2D eigenvalue weighted by molar-refractivity contribution is -0.134. The summed E-state index contributed by atoms with van der Waals surface area (Å²) in [7, 11) is 0. The minimum Gasteiger partial charge on any atom is -0.395 e. The van der Waals surface area contributed by atoms with Crippen LogP contribution in [0.15, 0.2) is 0 Å². The van der Waals surface area contributed by atoms with Crippen molar-refractivity contribution in [1.29, 1.82) is 0 Å². The van der Waals surface area contributed by atoms with Crippen LogP contribution in [-0.4, -0.2) is 40.4 Å². The second-order valence-corrected chi connectivity index (χ2v) is 4.97. The molecule has 0 aromatic rings. The molecule has 0 saturated carbocycles. The molecule has 1 N–H and O–H groups in total. The number of hydrogen-bond donors (Lipinski definition) is 2. The highest BCUT2D eigenvalue weighted by Crippen LogP contribution is 2.17. The molecule has 1 atom stereocenters. The van der Waals surface area contributed by atoms with Crippen LogP contribution in [0.25, 0.3) is 0 Å². The lowest BCUT2D eigenvalue weighted by Gasteiger charge is -2.33. The van der Waals surface area contributed by atoms with Gasteiger partial charge in [0, 0.05) is 12.6 Å². The third-order valence-corrected chi connectivity index (χ3v) is 3.71. The molecule has 16 heavy (non-hydrogen) atoms. The van der Waals surface area contributed by atoms with Crippen molar-refractivity contribution in [1.82, 2.24) is 4.90 Å². The Hall–Kier alpha value is -0.220. The molecule has 0 bridgehead atoms. The molecule has 0 spiro atoms. The molecule has 0 aliphatic rings. The fraction of sp³-hybridized carbons (Fsp3) is 0.917. The molecule has 0 rings (SSSR count). The highest BCUT2D eigenvalue weighted by atomic mass is 32.1. The first-order chi connectivity index (χ1) is 7.49. The summed E-state index contributed by atoms with van der Waals surface area (Å²) in [6.45, 7) is 8.53. The first-order valence-corrected chi connectivity index (χ1v) is 6.60. The quantitative estimate of drug-likeness (QED) is 0.675. The van der Waals surface area contributed by atoms with Gasteiger partial charge in [-0.25, -0.2) is 0 Å². The van der Waals surface area contributed by atoms with E-state index in [0.717, 1.165) is 12.8 Å². The van der Waals surface area contributed by atoms with Crippen LogP contribution in [-0.2, 0) is 4.79 Å². The number of aliphatic hydroxyl groups is 1. The van der Waals surface area contributed by atoms with Gasteiger partial charge in [-0.05, 0) is 18.8 Å². The van der Waals surface area contributed by atoms with Crippen LogP contribution in [0.2, 0.25) is 0 Å². The van der Waals surface area contributed by atoms with E-state index in [-0.39, 0.29) is 29.7 Å². The summed E-state index contributed by atoms with van der Waals surface area (Å²) in [5, 5.41) is 8.76. The van der Waals surface area contributed by atoms with Gasteiger partial charge >= 0.3 is 0 Å². The topological polar surface area (TPSA) is 40.5 Å². The monoisotopic (exact) mass is 247 g/mol. The predicted molar refractivity (Wildman–Crippen MR) is 70.8 cm³/mol. The van der Waals surface area contributed by atoms with E-state index in [2.05, 4.69) is 26.5 Å². The number of aliphatic hydroxyl groups excluding tert-OH is 1. The van der Waals surface area contributed by atoms with Gasteiger partial charge in [-0.1, -0.05) is 27.7 Å². The largest absolute Gasteiger partial charge is 0.395 e. The zero-order valence-corrected chi connectivity index (χ0v) is 11.7. The van der Waals surface area contributed by atoms with Gasteiger partial charge in [0.2, 0.25) is 5.91 Å². The van der Waals surface area contributed by atoms with E-state index in [4.69, 9.17) is 5.11 Å². The summed E-state index contributed by atoms with van der Waals surface area (Å²) in [5.74, 6) is 0.257. The van der Waals surface area contributed by atoms with E-state index >= 15 is 0 Å². The van der Waals surface area contributed by atoms with Crippen molar-refractivity contribution in [2.45, 2.75) is 51.8 Å². The number of hydrogen-bond acceptors (Lipinski definition) is 3. The molecular weight excluding hydrogens is 222 g/mol. The lowest BCUT2D eigenvalue weighted by atomic mass is 10.1. The molecule has 0 fully saturated rings. The summed E-state index contributed by atoms with van der Waals surface area (Å²) in [6.07, 6.45) is 1.83. The van der Waals surface area contributed by atoms with Gasteiger partial charge in [0.05, 0.1) is 11.9 Å². The zero-order chi connectivity index (χ0) is 12.7. The molecule has 96 valence electrons. The molecule has 3 nitrogen and oxygen atoms in total. The van der Waals surface area contributed by atoms with E-state index in [1.165, 1.54) is 0 Å². The lowest BCUT2D eigenvalue weighted by Crippen LogP contribution is -2.46. The molecule has 0 aromatic heterocycles. The average molecular weight is 247 g/mol. The zero-order valence-electron chi connectivity index (χ0n) is 10.8. The van der Waals surface area contributed by atoms with Crippen LogP contribution < -0.4 is 0 Å². The molecule has 1 amide bonds. The Labute approximate surface area is 105 Å². The smallest absolute Gasteiger partial charge is 0.236 e. The third kappa shape index (κ3) is 4.34. The molecule has 0 aliphatic heterocycles. The Morgan fingerprint density at radius 3 is 2.12 bits per heavy atom. The second kappa shape index (κ2) is 7.96. The minimum absolute atomic E-state index is 0.0147. The summed E-state index contributed by atoms with van der Waals surface area (Å²) in [6, 6.07) is 0.216. The molecular formula is C12H25NO2S. The predicted octanol–water partition coefficient (Wildman–Crippen LogP) is 1.95. The maximum atomic E-state index is 12.2. The van der Waals surface area contributed by atoms with E-state index < -0.39 is 0 Å². The van der Waals surface area contributed by atoms with Crippen molar-refractivity contribution in [3.63, 3.8) is 0 Å². The van der Waals surface area contributed by atoms with Crippen LogP contribution in [0.5, 0.6) is 0 Å². The SMILES string of the molecule is CCC(CC)N(CCO)C(=O)C(S)C(C)C. The maximum Gasteiger partial charge on any atom is 0.236 e. The summed E-state index contributed by atoms with van der Waals surface area (Å²) in [5.41, 5.74) is 0. The van der Waals surface area contributed by atoms with Crippen LogP contribution in [0.1, 0.15) is 40.5 Å². The molecule has 0 aromatic carbocycles. The van der Waals surface area contributed by atoms with Gasteiger partial charge in [-0.2, -0.15) is 12.6 Å². The Balaban J connectivity index is 4.69. The van der Waals surface area contributed by atoms with E-state index in [9.17, 15) is 4.79 Å².